The number of rotatable bonds is 7. The number of carbonyl (C=O) groups excluding carboxylic acids is 1. The zero-order chi connectivity index (χ0) is 21.6. The summed E-state index contributed by atoms with van der Waals surface area (Å²) in [6, 6.07) is 1.98. The molecule has 2 rings (SSSR count). The summed E-state index contributed by atoms with van der Waals surface area (Å²) in [5.74, 6) is 0.914. The predicted octanol–water partition coefficient (Wildman–Crippen LogP) is 7.20. The normalized spacial score (nSPS) is 21.2. The molecule has 0 fully saturated rings. The molecule has 1 aromatic rings. The zero-order valence-electron chi connectivity index (χ0n) is 18.5. The topological polar surface area (TPSA) is 39.4 Å². The van der Waals surface area contributed by atoms with Gasteiger partial charge in [-0.3, -0.25) is 0 Å². The van der Waals surface area contributed by atoms with E-state index in [1.54, 1.807) is 0 Å². The molecule has 0 saturated carbocycles. The van der Waals surface area contributed by atoms with Gasteiger partial charge in [0, 0.05) is 23.1 Å². The molecule has 29 heavy (non-hydrogen) atoms. The summed E-state index contributed by atoms with van der Waals surface area (Å²) in [4.78, 5) is 11.9. The lowest BCUT2D eigenvalue weighted by Gasteiger charge is -2.34. The van der Waals surface area contributed by atoms with E-state index < -0.39 is 12.6 Å². The molecule has 0 amide bonds. The van der Waals surface area contributed by atoms with Gasteiger partial charge in [0.25, 0.3) is 0 Å². The van der Waals surface area contributed by atoms with Gasteiger partial charge in [0.15, 0.2) is 0 Å². The maximum atomic E-state index is 13.7. The third-order valence-electron chi connectivity index (χ3n) is 5.35. The van der Waals surface area contributed by atoms with E-state index >= 15 is 0 Å². The van der Waals surface area contributed by atoms with E-state index in [0.717, 1.165) is 36.2 Å². The largest absolute Gasteiger partial charge is 0.461 e. The van der Waals surface area contributed by atoms with E-state index in [1.165, 1.54) is 17.9 Å². The van der Waals surface area contributed by atoms with Gasteiger partial charge in [0.1, 0.15) is 18.2 Å². The number of furan rings is 1. The van der Waals surface area contributed by atoms with Crippen LogP contribution in [0.25, 0.3) is 5.57 Å². The van der Waals surface area contributed by atoms with Crippen LogP contribution in [0.4, 0.5) is 4.39 Å². The summed E-state index contributed by atoms with van der Waals surface area (Å²) in [6.45, 7) is 11.4. The first-order valence-electron chi connectivity index (χ1n) is 10.2. The average molecular weight is 401 g/mol. The lowest BCUT2D eigenvalue weighted by atomic mass is 9.69. The van der Waals surface area contributed by atoms with Crippen molar-refractivity contribution in [2.24, 2.45) is 5.41 Å². The average Bonchev–Trinajstić information content (AvgIpc) is 2.95. The lowest BCUT2D eigenvalue weighted by molar-refractivity contribution is -0.132. The summed E-state index contributed by atoms with van der Waals surface area (Å²) < 4.78 is 24.9. The van der Waals surface area contributed by atoms with Crippen molar-refractivity contribution in [2.45, 2.75) is 66.7 Å². The molecule has 1 heterocycles. The third-order valence-corrected chi connectivity index (χ3v) is 5.35. The third kappa shape index (κ3) is 6.06. The summed E-state index contributed by atoms with van der Waals surface area (Å²) in [6.07, 6.45) is 11.6. The van der Waals surface area contributed by atoms with Crippen LogP contribution in [0.5, 0.6) is 0 Å². The molecular formula is C25H33FO3. The number of halogens is 1. The van der Waals surface area contributed by atoms with Crippen LogP contribution in [0.3, 0.4) is 0 Å². The minimum absolute atomic E-state index is 0.0553. The highest BCUT2D eigenvalue weighted by atomic mass is 19.1. The maximum absolute atomic E-state index is 13.7. The van der Waals surface area contributed by atoms with Gasteiger partial charge in [-0.15, -0.1) is 0 Å². The van der Waals surface area contributed by atoms with E-state index in [1.807, 2.05) is 39.0 Å². The van der Waals surface area contributed by atoms with Crippen molar-refractivity contribution in [3.05, 3.63) is 64.9 Å². The SMILES string of the molecule is CC(C)=CCC[C@@]1(C)CC=C(CF)c2oc(C)cc2[C@@H]1/C=C/OC(=O)C=C(C)C. The van der Waals surface area contributed by atoms with Crippen LogP contribution >= 0.6 is 0 Å². The summed E-state index contributed by atoms with van der Waals surface area (Å²) in [5, 5.41) is 0. The summed E-state index contributed by atoms with van der Waals surface area (Å²) in [7, 11) is 0. The molecule has 1 aromatic heterocycles. The number of allylic oxidation sites excluding steroid dienone is 6. The van der Waals surface area contributed by atoms with Crippen molar-refractivity contribution < 1.29 is 18.3 Å². The number of alkyl halides is 1. The number of ether oxygens (including phenoxy) is 1. The molecule has 0 radical (unpaired) electrons. The van der Waals surface area contributed by atoms with E-state index in [0.29, 0.717) is 11.3 Å². The standard InChI is InChI=1S/C25H33FO3/c1-17(2)8-7-11-25(6)12-9-20(16-26)24-21(15-19(5)29-24)22(25)10-13-28-23(27)14-18(3)4/h8-10,13-15,22H,7,11-12,16H2,1-6H3/b13-10+/t22-,25-/m0/s1. The fourth-order valence-corrected chi connectivity index (χ4v) is 3.82. The van der Waals surface area contributed by atoms with Crippen LogP contribution in [0.2, 0.25) is 0 Å². The smallest absolute Gasteiger partial charge is 0.335 e. The molecule has 4 heteroatoms. The van der Waals surface area contributed by atoms with Gasteiger partial charge in [0.05, 0.1) is 6.26 Å². The Morgan fingerprint density at radius 3 is 2.66 bits per heavy atom. The number of hydrogen-bond donors (Lipinski definition) is 0. The molecule has 2 atom stereocenters. The first kappa shape index (κ1) is 22.9. The lowest BCUT2D eigenvalue weighted by Crippen LogP contribution is -2.23. The minimum Gasteiger partial charge on any atom is -0.461 e. The molecule has 0 N–H and O–H groups in total. The molecule has 0 aliphatic heterocycles. The highest BCUT2D eigenvalue weighted by Gasteiger charge is 2.38. The first-order chi connectivity index (χ1) is 13.7. The number of esters is 1. The molecule has 3 nitrogen and oxygen atoms in total. The first-order valence-corrected chi connectivity index (χ1v) is 10.2. The van der Waals surface area contributed by atoms with Crippen molar-refractivity contribution in [3.63, 3.8) is 0 Å². The molecule has 0 unspecified atom stereocenters. The van der Waals surface area contributed by atoms with Crippen LogP contribution in [0.1, 0.15) is 76.9 Å². The van der Waals surface area contributed by atoms with Crippen molar-refractivity contribution in [2.75, 3.05) is 6.67 Å². The highest BCUT2D eigenvalue weighted by molar-refractivity contribution is 5.83. The number of hydrogen-bond acceptors (Lipinski definition) is 3. The van der Waals surface area contributed by atoms with Crippen molar-refractivity contribution in [3.8, 4) is 0 Å². The fourth-order valence-electron chi connectivity index (χ4n) is 3.82. The molecule has 1 aliphatic carbocycles. The second-order valence-electron chi connectivity index (χ2n) is 8.65. The van der Waals surface area contributed by atoms with Gasteiger partial charge in [-0.1, -0.05) is 30.2 Å². The van der Waals surface area contributed by atoms with Crippen LogP contribution in [0.15, 0.2) is 52.2 Å². The van der Waals surface area contributed by atoms with Crippen molar-refractivity contribution in [1.82, 2.24) is 0 Å². The quantitative estimate of drug-likeness (QED) is 0.210. The Hall–Kier alpha value is -2.36. The second kappa shape index (κ2) is 9.91. The molecule has 158 valence electrons. The molecule has 0 saturated heterocycles. The Labute approximate surface area is 174 Å². The van der Waals surface area contributed by atoms with Gasteiger partial charge < -0.3 is 9.15 Å². The molecule has 1 aliphatic rings. The van der Waals surface area contributed by atoms with E-state index in [-0.39, 0.29) is 11.3 Å². The fraction of sp³-hybridized carbons (Fsp3) is 0.480. The van der Waals surface area contributed by atoms with Gasteiger partial charge >= 0.3 is 5.97 Å². The maximum Gasteiger partial charge on any atom is 0.335 e. The zero-order valence-corrected chi connectivity index (χ0v) is 18.5. The van der Waals surface area contributed by atoms with E-state index in [9.17, 15) is 9.18 Å². The second-order valence-corrected chi connectivity index (χ2v) is 8.65. The highest BCUT2D eigenvalue weighted by Crippen LogP contribution is 2.49. The Balaban J connectivity index is 2.42. The monoisotopic (exact) mass is 400 g/mol. The number of fused-ring (bicyclic) bond motifs is 1. The van der Waals surface area contributed by atoms with Crippen molar-refractivity contribution >= 4 is 11.5 Å². The van der Waals surface area contributed by atoms with Gasteiger partial charge in [0.2, 0.25) is 0 Å². The molecule has 0 bridgehead atoms. The summed E-state index contributed by atoms with van der Waals surface area (Å²) >= 11 is 0. The van der Waals surface area contributed by atoms with Gasteiger partial charge in [-0.2, -0.15) is 0 Å². The Morgan fingerprint density at radius 1 is 1.31 bits per heavy atom. The van der Waals surface area contributed by atoms with Gasteiger partial charge in [-0.25, -0.2) is 9.18 Å². The van der Waals surface area contributed by atoms with Crippen LogP contribution < -0.4 is 0 Å². The van der Waals surface area contributed by atoms with Crippen LogP contribution in [-0.2, 0) is 9.53 Å². The van der Waals surface area contributed by atoms with Gasteiger partial charge in [-0.05, 0) is 71.4 Å². The van der Waals surface area contributed by atoms with E-state index in [4.69, 9.17) is 9.15 Å². The Bertz CT molecular complexity index is 845. The summed E-state index contributed by atoms with van der Waals surface area (Å²) in [5.41, 5.74) is 3.56. The molecule has 0 aromatic carbocycles. The van der Waals surface area contributed by atoms with Crippen LogP contribution in [0, 0.1) is 12.3 Å². The Kier molecular flexibility index (Phi) is 7.83. The molecule has 0 spiro atoms. The predicted molar refractivity (Wildman–Crippen MR) is 116 cm³/mol. The van der Waals surface area contributed by atoms with Crippen molar-refractivity contribution in [1.29, 1.82) is 0 Å². The number of aryl methyl sites for hydroxylation is 1. The number of carbonyl (C=O) groups is 1. The Morgan fingerprint density at radius 2 is 2.03 bits per heavy atom. The minimum atomic E-state index is -0.560. The molecular weight excluding hydrogens is 367 g/mol. The van der Waals surface area contributed by atoms with Crippen LogP contribution in [-0.4, -0.2) is 12.6 Å². The van der Waals surface area contributed by atoms with E-state index in [2.05, 4.69) is 26.8 Å².